The number of carboxylic acids is 1. The van der Waals surface area contributed by atoms with Crippen molar-refractivity contribution in [2.75, 3.05) is 31.7 Å². The number of para-hydroxylation sites is 1. The van der Waals surface area contributed by atoms with Crippen LogP contribution in [-0.4, -0.2) is 48.5 Å². The van der Waals surface area contributed by atoms with Gasteiger partial charge in [0.2, 0.25) is 0 Å². The van der Waals surface area contributed by atoms with Gasteiger partial charge in [-0.2, -0.15) is 0 Å². The molecule has 1 aromatic carbocycles. The lowest BCUT2D eigenvalue weighted by Crippen LogP contribution is -2.34. The topological polar surface area (TPSA) is 111 Å². The summed E-state index contributed by atoms with van der Waals surface area (Å²) in [6, 6.07) is 3.91. The zero-order chi connectivity index (χ0) is 14.5. The largest absolute Gasteiger partial charge is 0.478 e. The molecule has 1 atom stereocenters. The van der Waals surface area contributed by atoms with Crippen molar-refractivity contribution in [3.63, 3.8) is 0 Å². The minimum absolute atomic E-state index is 0.0147. The molecule has 1 aromatic rings. The summed E-state index contributed by atoms with van der Waals surface area (Å²) < 4.78 is 10.6. The number of anilines is 1. The summed E-state index contributed by atoms with van der Waals surface area (Å²) in [5.74, 6) is -1.22. The van der Waals surface area contributed by atoms with Gasteiger partial charge in [-0.05, 0) is 6.07 Å². The summed E-state index contributed by atoms with van der Waals surface area (Å²) in [7, 11) is 0. The van der Waals surface area contributed by atoms with E-state index in [1.807, 2.05) is 0 Å². The fraction of sp³-hybridized carbons (Fsp3) is 0.417. The fourth-order valence-electron chi connectivity index (χ4n) is 1.93. The van der Waals surface area contributed by atoms with Gasteiger partial charge in [-0.15, -0.1) is 0 Å². The Balaban J connectivity index is 2.19. The number of nitro groups is 1. The molecule has 0 aromatic heterocycles. The van der Waals surface area contributed by atoms with Crippen molar-refractivity contribution in [3.05, 3.63) is 33.9 Å². The van der Waals surface area contributed by atoms with E-state index in [4.69, 9.17) is 14.6 Å². The van der Waals surface area contributed by atoms with Gasteiger partial charge >= 0.3 is 5.97 Å². The van der Waals surface area contributed by atoms with Crippen LogP contribution in [0, 0.1) is 10.1 Å². The number of rotatable bonds is 5. The molecule has 0 spiro atoms. The van der Waals surface area contributed by atoms with Crippen LogP contribution in [0.25, 0.3) is 0 Å². The summed E-state index contributed by atoms with van der Waals surface area (Å²) in [6.45, 7) is 1.58. The molecule has 0 saturated carbocycles. The summed E-state index contributed by atoms with van der Waals surface area (Å²) >= 11 is 0. The Labute approximate surface area is 114 Å². The van der Waals surface area contributed by atoms with E-state index in [2.05, 4.69) is 5.32 Å². The van der Waals surface area contributed by atoms with Crippen molar-refractivity contribution in [1.82, 2.24) is 0 Å². The van der Waals surface area contributed by atoms with E-state index in [9.17, 15) is 14.9 Å². The number of benzene rings is 1. The van der Waals surface area contributed by atoms with E-state index < -0.39 is 10.9 Å². The third-order valence-corrected chi connectivity index (χ3v) is 2.86. The Bertz CT molecular complexity index is 480. The van der Waals surface area contributed by atoms with Crippen LogP contribution in [0.15, 0.2) is 18.2 Å². The predicted octanol–water partition coefficient (Wildman–Crippen LogP) is 1.12. The molecule has 1 fully saturated rings. The van der Waals surface area contributed by atoms with Gasteiger partial charge in [0.1, 0.15) is 5.69 Å². The maximum Gasteiger partial charge on any atom is 0.338 e. The Morgan fingerprint density at radius 2 is 2.30 bits per heavy atom. The number of nitrogens with zero attached hydrogens (tertiary/aromatic N) is 1. The second-order valence-corrected chi connectivity index (χ2v) is 4.21. The minimum atomic E-state index is -1.22. The van der Waals surface area contributed by atoms with Crippen molar-refractivity contribution in [1.29, 1.82) is 0 Å². The lowest BCUT2D eigenvalue weighted by atomic mass is 10.1. The second-order valence-electron chi connectivity index (χ2n) is 4.21. The van der Waals surface area contributed by atoms with Crippen molar-refractivity contribution >= 4 is 17.3 Å². The summed E-state index contributed by atoms with van der Waals surface area (Å²) in [5.41, 5.74) is -0.434. The number of ether oxygens (including phenoxy) is 2. The van der Waals surface area contributed by atoms with Crippen molar-refractivity contribution in [2.45, 2.75) is 6.10 Å². The fourth-order valence-corrected chi connectivity index (χ4v) is 1.93. The van der Waals surface area contributed by atoms with Crippen LogP contribution in [0.3, 0.4) is 0 Å². The highest BCUT2D eigenvalue weighted by Gasteiger charge is 2.23. The monoisotopic (exact) mass is 282 g/mol. The first kappa shape index (κ1) is 14.2. The van der Waals surface area contributed by atoms with Crippen LogP contribution in [-0.2, 0) is 9.47 Å². The van der Waals surface area contributed by atoms with Crippen LogP contribution < -0.4 is 5.32 Å². The smallest absolute Gasteiger partial charge is 0.338 e. The van der Waals surface area contributed by atoms with Gasteiger partial charge in [0.15, 0.2) is 0 Å². The average molecular weight is 282 g/mol. The van der Waals surface area contributed by atoms with Crippen LogP contribution >= 0.6 is 0 Å². The summed E-state index contributed by atoms with van der Waals surface area (Å²) in [6.07, 6.45) is -0.259. The zero-order valence-corrected chi connectivity index (χ0v) is 10.6. The molecule has 20 heavy (non-hydrogen) atoms. The molecule has 1 unspecified atom stereocenters. The highest BCUT2D eigenvalue weighted by atomic mass is 16.6. The molecule has 2 N–H and O–H groups in total. The number of hydrogen-bond donors (Lipinski definition) is 2. The maximum absolute atomic E-state index is 11.1. The van der Waals surface area contributed by atoms with Gasteiger partial charge in [0.05, 0.1) is 36.4 Å². The van der Waals surface area contributed by atoms with Crippen LogP contribution in [0.5, 0.6) is 0 Å². The molecule has 8 heteroatoms. The summed E-state index contributed by atoms with van der Waals surface area (Å²) in [4.78, 5) is 21.5. The Kier molecular flexibility index (Phi) is 4.49. The molecule has 1 aliphatic rings. The summed E-state index contributed by atoms with van der Waals surface area (Å²) in [5, 5.41) is 22.8. The standard InChI is InChI=1S/C12H14N2O6/c15-12(16)9-2-1-3-10(14(17)18)11(9)13-6-8-7-19-4-5-20-8/h1-3,8,13H,4-7H2,(H,15,16). The van der Waals surface area contributed by atoms with Gasteiger partial charge in [-0.1, -0.05) is 6.07 Å². The first-order chi connectivity index (χ1) is 9.59. The van der Waals surface area contributed by atoms with Crippen LogP contribution in [0.2, 0.25) is 0 Å². The van der Waals surface area contributed by atoms with Gasteiger partial charge in [0, 0.05) is 12.6 Å². The minimum Gasteiger partial charge on any atom is -0.478 e. The third-order valence-electron chi connectivity index (χ3n) is 2.86. The first-order valence-electron chi connectivity index (χ1n) is 6.03. The van der Waals surface area contributed by atoms with E-state index in [1.165, 1.54) is 18.2 Å². The highest BCUT2D eigenvalue weighted by molar-refractivity contribution is 5.96. The molecule has 2 rings (SSSR count). The lowest BCUT2D eigenvalue weighted by Gasteiger charge is -2.23. The van der Waals surface area contributed by atoms with Gasteiger partial charge < -0.3 is 19.9 Å². The molecule has 1 heterocycles. The Hall–Kier alpha value is -2.19. The molecule has 1 saturated heterocycles. The van der Waals surface area contributed by atoms with Gasteiger partial charge in [0.25, 0.3) is 5.69 Å². The lowest BCUT2D eigenvalue weighted by molar-refractivity contribution is -0.384. The van der Waals surface area contributed by atoms with E-state index in [1.54, 1.807) is 0 Å². The van der Waals surface area contributed by atoms with E-state index in [0.29, 0.717) is 19.8 Å². The van der Waals surface area contributed by atoms with Crippen LogP contribution in [0.1, 0.15) is 10.4 Å². The number of nitro benzene ring substituents is 1. The van der Waals surface area contributed by atoms with E-state index >= 15 is 0 Å². The van der Waals surface area contributed by atoms with E-state index in [0.717, 1.165) is 0 Å². The van der Waals surface area contributed by atoms with Crippen molar-refractivity contribution in [2.24, 2.45) is 0 Å². The van der Waals surface area contributed by atoms with Gasteiger partial charge in [-0.25, -0.2) is 4.79 Å². The number of nitrogens with one attached hydrogen (secondary N) is 1. The Morgan fingerprint density at radius 1 is 1.50 bits per heavy atom. The van der Waals surface area contributed by atoms with Crippen molar-refractivity contribution in [3.8, 4) is 0 Å². The SMILES string of the molecule is O=C(O)c1cccc([N+](=O)[O-])c1NCC1COCCO1. The number of carboxylic acid groups (broad SMARTS) is 1. The molecule has 0 amide bonds. The van der Waals surface area contributed by atoms with E-state index in [-0.39, 0.29) is 29.6 Å². The molecule has 1 aliphatic heterocycles. The zero-order valence-electron chi connectivity index (χ0n) is 10.6. The number of aromatic carboxylic acids is 1. The molecule has 0 bridgehead atoms. The third kappa shape index (κ3) is 3.22. The molecule has 108 valence electrons. The number of carbonyl (C=O) groups is 1. The van der Waals surface area contributed by atoms with Crippen molar-refractivity contribution < 1.29 is 24.3 Å². The quantitative estimate of drug-likeness (QED) is 0.614. The van der Waals surface area contributed by atoms with Gasteiger partial charge in [-0.3, -0.25) is 10.1 Å². The highest BCUT2D eigenvalue weighted by Crippen LogP contribution is 2.28. The maximum atomic E-state index is 11.1. The Morgan fingerprint density at radius 3 is 2.90 bits per heavy atom. The second kappa shape index (κ2) is 6.31. The normalized spacial score (nSPS) is 18.5. The molecule has 8 nitrogen and oxygen atoms in total. The molecule has 0 aliphatic carbocycles. The molecule has 0 radical (unpaired) electrons. The number of hydrogen-bond acceptors (Lipinski definition) is 6. The molecular formula is C12H14N2O6. The average Bonchev–Trinajstić information content (AvgIpc) is 2.45. The first-order valence-corrected chi connectivity index (χ1v) is 6.03. The predicted molar refractivity (Wildman–Crippen MR) is 69.1 cm³/mol. The van der Waals surface area contributed by atoms with Crippen LogP contribution in [0.4, 0.5) is 11.4 Å². The molecular weight excluding hydrogens is 268 g/mol.